The lowest BCUT2D eigenvalue weighted by molar-refractivity contribution is 0.479. The molecule has 1 aromatic carbocycles. The van der Waals surface area contributed by atoms with Gasteiger partial charge in [-0.05, 0) is 49.7 Å². The van der Waals surface area contributed by atoms with Gasteiger partial charge in [0.25, 0.3) is 0 Å². The molecule has 0 bridgehead atoms. The van der Waals surface area contributed by atoms with E-state index in [4.69, 9.17) is 5.14 Å². The third-order valence-electron chi connectivity index (χ3n) is 4.59. The minimum absolute atomic E-state index is 0.0477. The van der Waals surface area contributed by atoms with Gasteiger partial charge in [-0.25, -0.2) is 23.2 Å². The third kappa shape index (κ3) is 4.88. The second-order valence-electron chi connectivity index (χ2n) is 6.79. The van der Waals surface area contributed by atoms with E-state index >= 15 is 0 Å². The van der Waals surface area contributed by atoms with Crippen molar-refractivity contribution in [1.29, 1.82) is 0 Å². The maximum absolute atomic E-state index is 11.3. The van der Waals surface area contributed by atoms with Crippen LogP contribution < -0.4 is 21.1 Å². The zero-order valence-electron chi connectivity index (χ0n) is 15.6. The summed E-state index contributed by atoms with van der Waals surface area (Å²) in [6.45, 7) is 1.98. The van der Waals surface area contributed by atoms with Crippen LogP contribution in [-0.4, -0.2) is 47.3 Å². The highest BCUT2D eigenvalue weighted by Gasteiger charge is 2.13. The standard InChI is InChI=1S/C18H22N8O2S/c19-29(27,28)16-5-3-13(4-6-16)24-18-22-12-26(25-18)15-7-9-21-17(10-15)23-14-2-1-8-20-11-14/h3-7,9-10,12,14,20H,1-2,8,11H2,(H,21,23)(H,24,25)(H2,19,27,28)/t14-/m0/s1. The Kier molecular flexibility index (Phi) is 5.43. The molecule has 10 nitrogen and oxygen atoms in total. The van der Waals surface area contributed by atoms with Crippen LogP contribution >= 0.6 is 0 Å². The number of benzene rings is 1. The maximum atomic E-state index is 11.3. The van der Waals surface area contributed by atoms with Crippen molar-refractivity contribution >= 4 is 27.5 Å². The van der Waals surface area contributed by atoms with Crippen molar-refractivity contribution in [3.63, 3.8) is 0 Å². The molecule has 2 aromatic heterocycles. The first-order valence-corrected chi connectivity index (χ1v) is 10.8. The maximum Gasteiger partial charge on any atom is 0.246 e. The van der Waals surface area contributed by atoms with E-state index in [1.54, 1.807) is 29.3 Å². The molecule has 0 saturated carbocycles. The first-order chi connectivity index (χ1) is 14.0. The molecule has 1 atom stereocenters. The van der Waals surface area contributed by atoms with Gasteiger partial charge < -0.3 is 16.0 Å². The number of nitrogens with one attached hydrogen (secondary N) is 3. The van der Waals surface area contributed by atoms with Crippen LogP contribution in [0.2, 0.25) is 0 Å². The van der Waals surface area contributed by atoms with Crippen molar-refractivity contribution in [3.8, 4) is 5.69 Å². The van der Waals surface area contributed by atoms with E-state index in [1.807, 2.05) is 12.1 Å². The monoisotopic (exact) mass is 414 g/mol. The number of nitrogens with two attached hydrogens (primary N) is 1. The van der Waals surface area contributed by atoms with Crippen molar-refractivity contribution in [1.82, 2.24) is 25.1 Å². The number of hydrogen-bond donors (Lipinski definition) is 4. The highest BCUT2D eigenvalue weighted by atomic mass is 32.2. The highest BCUT2D eigenvalue weighted by Crippen LogP contribution is 2.18. The second-order valence-corrected chi connectivity index (χ2v) is 8.36. The fourth-order valence-electron chi connectivity index (χ4n) is 3.13. The molecule has 0 unspecified atom stereocenters. The summed E-state index contributed by atoms with van der Waals surface area (Å²) >= 11 is 0. The zero-order chi connectivity index (χ0) is 20.3. The lowest BCUT2D eigenvalue weighted by atomic mass is 10.1. The topological polar surface area (TPSA) is 140 Å². The molecule has 29 heavy (non-hydrogen) atoms. The van der Waals surface area contributed by atoms with E-state index < -0.39 is 10.0 Å². The number of primary sulfonamides is 1. The molecular weight excluding hydrogens is 392 g/mol. The lowest BCUT2D eigenvalue weighted by Gasteiger charge is -2.24. The van der Waals surface area contributed by atoms with E-state index in [1.165, 1.54) is 12.1 Å². The number of pyridine rings is 1. The molecule has 11 heteroatoms. The van der Waals surface area contributed by atoms with E-state index in [2.05, 4.69) is 31.0 Å². The summed E-state index contributed by atoms with van der Waals surface area (Å²) in [6, 6.07) is 10.2. The average Bonchev–Trinajstić information content (AvgIpc) is 3.17. The van der Waals surface area contributed by atoms with Crippen molar-refractivity contribution < 1.29 is 8.42 Å². The molecule has 1 saturated heterocycles. The van der Waals surface area contributed by atoms with Gasteiger partial charge in [-0.15, -0.1) is 5.10 Å². The Morgan fingerprint density at radius 3 is 2.72 bits per heavy atom. The molecule has 152 valence electrons. The molecule has 0 aliphatic carbocycles. The molecule has 1 aliphatic heterocycles. The predicted octanol–water partition coefficient (Wildman–Crippen LogP) is 1.22. The third-order valence-corrected chi connectivity index (χ3v) is 5.52. The minimum atomic E-state index is -3.72. The Bertz CT molecular complexity index is 1080. The van der Waals surface area contributed by atoms with Crippen molar-refractivity contribution in [2.75, 3.05) is 23.7 Å². The number of nitrogens with zero attached hydrogens (tertiary/aromatic N) is 4. The SMILES string of the molecule is NS(=O)(=O)c1ccc(Nc2ncn(-c3ccnc(N[C@H]4CCCNC4)c3)n2)cc1. The van der Waals surface area contributed by atoms with Crippen LogP contribution in [0.25, 0.3) is 5.69 Å². The average molecular weight is 414 g/mol. The summed E-state index contributed by atoms with van der Waals surface area (Å²) in [6.07, 6.45) is 5.59. The molecular formula is C18H22N8O2S. The molecule has 0 spiro atoms. The summed E-state index contributed by atoms with van der Waals surface area (Å²) in [7, 11) is -3.72. The predicted molar refractivity (Wildman–Crippen MR) is 110 cm³/mol. The van der Waals surface area contributed by atoms with Crippen LogP contribution in [0, 0.1) is 0 Å². The van der Waals surface area contributed by atoms with Gasteiger partial charge >= 0.3 is 0 Å². The first kappa shape index (κ1) is 19.3. The van der Waals surface area contributed by atoms with Crippen molar-refractivity contribution in [2.45, 2.75) is 23.8 Å². The molecule has 0 radical (unpaired) electrons. The fourth-order valence-corrected chi connectivity index (χ4v) is 3.64. The van der Waals surface area contributed by atoms with Gasteiger partial charge in [-0.1, -0.05) is 0 Å². The van der Waals surface area contributed by atoms with Crippen LogP contribution in [0.15, 0.2) is 53.8 Å². The number of aromatic nitrogens is 4. The molecule has 3 aromatic rings. The summed E-state index contributed by atoms with van der Waals surface area (Å²) in [5.74, 6) is 1.18. The first-order valence-electron chi connectivity index (χ1n) is 9.23. The largest absolute Gasteiger partial charge is 0.366 e. The minimum Gasteiger partial charge on any atom is -0.366 e. The summed E-state index contributed by atoms with van der Waals surface area (Å²) < 4.78 is 24.3. The quantitative estimate of drug-likeness (QED) is 0.472. The van der Waals surface area contributed by atoms with E-state index in [9.17, 15) is 8.42 Å². The number of hydrogen-bond acceptors (Lipinski definition) is 8. The number of sulfonamides is 1. The number of rotatable bonds is 6. The van der Waals surface area contributed by atoms with Crippen LogP contribution in [0.1, 0.15) is 12.8 Å². The van der Waals surface area contributed by atoms with E-state index in [0.717, 1.165) is 37.4 Å². The Morgan fingerprint density at radius 1 is 1.17 bits per heavy atom. The molecule has 4 rings (SSSR count). The van der Waals surface area contributed by atoms with Crippen LogP contribution in [0.4, 0.5) is 17.5 Å². The normalized spacial score (nSPS) is 17.1. The second kappa shape index (κ2) is 8.15. The lowest BCUT2D eigenvalue weighted by Crippen LogP contribution is -2.38. The van der Waals surface area contributed by atoms with Gasteiger partial charge in [0.15, 0.2) is 0 Å². The Balaban J connectivity index is 1.45. The van der Waals surface area contributed by atoms with Crippen molar-refractivity contribution in [2.24, 2.45) is 5.14 Å². The highest BCUT2D eigenvalue weighted by molar-refractivity contribution is 7.89. The van der Waals surface area contributed by atoms with Crippen LogP contribution in [0.3, 0.4) is 0 Å². The van der Waals surface area contributed by atoms with Gasteiger partial charge in [0, 0.05) is 30.5 Å². The molecule has 1 fully saturated rings. The van der Waals surface area contributed by atoms with Crippen molar-refractivity contribution in [3.05, 3.63) is 48.9 Å². The Labute approximate surface area is 168 Å². The van der Waals surface area contributed by atoms with Crippen LogP contribution in [-0.2, 0) is 10.0 Å². The van der Waals surface area contributed by atoms with E-state index in [-0.39, 0.29) is 4.90 Å². The molecule has 3 heterocycles. The Morgan fingerprint density at radius 2 is 2.00 bits per heavy atom. The van der Waals surface area contributed by atoms with Gasteiger partial charge in [0.1, 0.15) is 12.1 Å². The van der Waals surface area contributed by atoms with Gasteiger partial charge in [0.05, 0.1) is 10.6 Å². The fraction of sp³-hybridized carbons (Fsp3) is 0.278. The molecule has 5 N–H and O–H groups in total. The zero-order valence-corrected chi connectivity index (χ0v) is 16.4. The summed E-state index contributed by atoms with van der Waals surface area (Å²) in [5, 5.41) is 19.4. The smallest absolute Gasteiger partial charge is 0.246 e. The number of piperidine rings is 1. The van der Waals surface area contributed by atoms with E-state index in [0.29, 0.717) is 17.7 Å². The van der Waals surface area contributed by atoms with Gasteiger partial charge in [-0.2, -0.15) is 4.98 Å². The van der Waals surface area contributed by atoms with Gasteiger partial charge in [-0.3, -0.25) is 0 Å². The summed E-state index contributed by atoms with van der Waals surface area (Å²) in [5.41, 5.74) is 1.48. The van der Waals surface area contributed by atoms with Crippen LogP contribution in [0.5, 0.6) is 0 Å². The summed E-state index contributed by atoms with van der Waals surface area (Å²) in [4.78, 5) is 8.69. The number of anilines is 3. The van der Waals surface area contributed by atoms with Gasteiger partial charge in [0.2, 0.25) is 16.0 Å². The molecule has 0 amide bonds. The molecule has 1 aliphatic rings. The Hall–Kier alpha value is -3.02.